The number of amides is 2. The van der Waals surface area contributed by atoms with Crippen molar-refractivity contribution in [1.29, 1.82) is 0 Å². The molecule has 0 aliphatic carbocycles. The fourth-order valence-corrected chi connectivity index (χ4v) is 2.48. The van der Waals surface area contributed by atoms with Crippen molar-refractivity contribution in [1.82, 2.24) is 10.7 Å². The molecule has 7 heteroatoms. The highest BCUT2D eigenvalue weighted by Crippen LogP contribution is 2.21. The first-order chi connectivity index (χ1) is 12.0. The Morgan fingerprint density at radius 3 is 2.56 bits per heavy atom. The Hall–Kier alpha value is -2.67. The quantitative estimate of drug-likeness (QED) is 0.457. The Labute approximate surface area is 154 Å². The third kappa shape index (κ3) is 5.42. The number of halogens is 1. The number of nitrogens with one attached hydrogen (secondary N) is 2. The molecule has 2 aromatic carbocycles. The van der Waals surface area contributed by atoms with Crippen LogP contribution in [0.4, 0.5) is 0 Å². The number of hydrogen-bond acceptors (Lipinski definition) is 4. The van der Waals surface area contributed by atoms with E-state index < -0.39 is 11.8 Å². The Morgan fingerprint density at radius 2 is 1.88 bits per heavy atom. The monoisotopic (exact) mass is 403 g/mol. The van der Waals surface area contributed by atoms with E-state index in [4.69, 9.17) is 4.74 Å². The molecule has 0 aliphatic rings. The highest BCUT2D eigenvalue weighted by molar-refractivity contribution is 9.10. The summed E-state index contributed by atoms with van der Waals surface area (Å²) < 4.78 is 6.05. The SMILES string of the molecule is COc1ccc(Br)cc1/C=N\NC(=O)C(=O)N[C@@H](C)c1ccccc1. The van der Waals surface area contributed by atoms with Crippen LogP contribution >= 0.6 is 15.9 Å². The van der Waals surface area contributed by atoms with E-state index in [0.717, 1.165) is 10.0 Å². The number of methoxy groups -OCH3 is 1. The molecule has 2 aromatic rings. The lowest BCUT2D eigenvalue weighted by atomic mass is 10.1. The van der Waals surface area contributed by atoms with Crippen LogP contribution in [0.5, 0.6) is 5.75 Å². The first kappa shape index (κ1) is 18.7. The summed E-state index contributed by atoms with van der Waals surface area (Å²) in [5, 5.41) is 6.43. The zero-order chi connectivity index (χ0) is 18.2. The van der Waals surface area contributed by atoms with Gasteiger partial charge in [-0.15, -0.1) is 0 Å². The van der Waals surface area contributed by atoms with Crippen molar-refractivity contribution in [2.75, 3.05) is 7.11 Å². The maximum Gasteiger partial charge on any atom is 0.329 e. The third-order valence-corrected chi connectivity index (χ3v) is 3.91. The van der Waals surface area contributed by atoms with Gasteiger partial charge in [-0.2, -0.15) is 5.10 Å². The lowest BCUT2D eigenvalue weighted by Crippen LogP contribution is -2.39. The molecule has 130 valence electrons. The molecule has 0 aliphatic heterocycles. The van der Waals surface area contributed by atoms with Gasteiger partial charge < -0.3 is 10.1 Å². The predicted octanol–water partition coefficient (Wildman–Crippen LogP) is 2.79. The molecule has 0 aromatic heterocycles. The minimum absolute atomic E-state index is 0.284. The van der Waals surface area contributed by atoms with Crippen molar-refractivity contribution in [3.05, 3.63) is 64.1 Å². The van der Waals surface area contributed by atoms with Crippen molar-refractivity contribution >= 4 is 34.0 Å². The minimum Gasteiger partial charge on any atom is -0.496 e. The Kier molecular flexibility index (Phi) is 6.71. The average molecular weight is 404 g/mol. The van der Waals surface area contributed by atoms with Crippen LogP contribution in [0, 0.1) is 0 Å². The number of carbonyl (C=O) groups excluding carboxylic acids is 2. The molecule has 2 N–H and O–H groups in total. The van der Waals surface area contributed by atoms with Gasteiger partial charge in [0.05, 0.1) is 19.4 Å². The van der Waals surface area contributed by atoms with E-state index in [1.54, 1.807) is 19.1 Å². The van der Waals surface area contributed by atoms with Gasteiger partial charge in [0.1, 0.15) is 5.75 Å². The summed E-state index contributed by atoms with van der Waals surface area (Å²) in [5.41, 5.74) is 3.78. The van der Waals surface area contributed by atoms with Gasteiger partial charge in [0, 0.05) is 10.0 Å². The summed E-state index contributed by atoms with van der Waals surface area (Å²) in [5.74, 6) is -0.994. The highest BCUT2D eigenvalue weighted by atomic mass is 79.9. The molecular formula is C18H18BrN3O3. The van der Waals surface area contributed by atoms with Crippen LogP contribution in [0.3, 0.4) is 0 Å². The van der Waals surface area contributed by atoms with Crippen molar-refractivity contribution in [3.63, 3.8) is 0 Å². The molecule has 0 unspecified atom stereocenters. The van der Waals surface area contributed by atoms with E-state index in [1.807, 2.05) is 36.4 Å². The van der Waals surface area contributed by atoms with Crippen LogP contribution < -0.4 is 15.5 Å². The van der Waals surface area contributed by atoms with Crippen molar-refractivity contribution in [2.45, 2.75) is 13.0 Å². The minimum atomic E-state index is -0.840. The van der Waals surface area contributed by atoms with Gasteiger partial charge in [0.15, 0.2) is 0 Å². The number of hydrazone groups is 1. The molecule has 0 heterocycles. The van der Waals surface area contributed by atoms with Gasteiger partial charge >= 0.3 is 11.8 Å². The summed E-state index contributed by atoms with van der Waals surface area (Å²) in [7, 11) is 1.54. The summed E-state index contributed by atoms with van der Waals surface area (Å²) in [6.45, 7) is 1.80. The molecule has 0 saturated carbocycles. The largest absolute Gasteiger partial charge is 0.496 e. The maximum absolute atomic E-state index is 11.9. The summed E-state index contributed by atoms with van der Waals surface area (Å²) in [4.78, 5) is 23.8. The number of nitrogens with zero attached hydrogens (tertiary/aromatic N) is 1. The van der Waals surface area contributed by atoms with Crippen LogP contribution in [0.1, 0.15) is 24.1 Å². The first-order valence-corrected chi connectivity index (χ1v) is 8.33. The Morgan fingerprint density at radius 1 is 1.16 bits per heavy atom. The van der Waals surface area contributed by atoms with Crippen LogP contribution in [-0.4, -0.2) is 25.1 Å². The molecule has 0 radical (unpaired) electrons. The fraction of sp³-hybridized carbons (Fsp3) is 0.167. The topological polar surface area (TPSA) is 79.8 Å². The third-order valence-electron chi connectivity index (χ3n) is 3.41. The van der Waals surface area contributed by atoms with E-state index in [9.17, 15) is 9.59 Å². The van der Waals surface area contributed by atoms with Crippen LogP contribution in [-0.2, 0) is 9.59 Å². The molecule has 0 spiro atoms. The van der Waals surface area contributed by atoms with Crippen molar-refractivity contribution in [2.24, 2.45) is 5.10 Å². The van der Waals surface area contributed by atoms with E-state index >= 15 is 0 Å². The van der Waals surface area contributed by atoms with Crippen LogP contribution in [0.2, 0.25) is 0 Å². The molecule has 2 amide bonds. The highest BCUT2D eigenvalue weighted by Gasteiger charge is 2.16. The van der Waals surface area contributed by atoms with Gasteiger partial charge in [-0.3, -0.25) is 9.59 Å². The standard InChI is InChI=1S/C18H18BrN3O3/c1-12(13-6-4-3-5-7-13)21-17(23)18(24)22-20-11-14-10-15(19)8-9-16(14)25-2/h3-12H,1-2H3,(H,21,23)(H,22,24)/b20-11-/t12-/m0/s1. The molecular weight excluding hydrogens is 386 g/mol. The first-order valence-electron chi connectivity index (χ1n) is 7.53. The summed E-state index contributed by atoms with van der Waals surface area (Å²) in [6, 6.07) is 14.5. The number of carbonyl (C=O) groups is 2. The number of ether oxygens (including phenoxy) is 1. The Bertz CT molecular complexity index is 778. The zero-order valence-electron chi connectivity index (χ0n) is 13.8. The second-order valence-electron chi connectivity index (χ2n) is 5.19. The second kappa shape index (κ2) is 8.98. The van der Waals surface area contributed by atoms with E-state index in [-0.39, 0.29) is 6.04 Å². The van der Waals surface area contributed by atoms with Crippen LogP contribution in [0.25, 0.3) is 0 Å². The molecule has 6 nitrogen and oxygen atoms in total. The molecule has 25 heavy (non-hydrogen) atoms. The van der Waals surface area contributed by atoms with Gasteiger partial charge in [-0.25, -0.2) is 5.43 Å². The lowest BCUT2D eigenvalue weighted by Gasteiger charge is -2.13. The fourth-order valence-electron chi connectivity index (χ4n) is 2.10. The Balaban J connectivity index is 1.93. The van der Waals surface area contributed by atoms with E-state index in [0.29, 0.717) is 11.3 Å². The molecule has 0 saturated heterocycles. The van der Waals surface area contributed by atoms with Gasteiger partial charge in [-0.05, 0) is 30.7 Å². The second-order valence-corrected chi connectivity index (χ2v) is 6.11. The molecule has 1 atom stereocenters. The zero-order valence-corrected chi connectivity index (χ0v) is 15.4. The molecule has 0 fully saturated rings. The maximum atomic E-state index is 11.9. The number of hydrogen-bond donors (Lipinski definition) is 2. The van der Waals surface area contributed by atoms with Gasteiger partial charge in [0.2, 0.25) is 0 Å². The average Bonchev–Trinajstić information content (AvgIpc) is 2.62. The van der Waals surface area contributed by atoms with E-state index in [1.165, 1.54) is 13.3 Å². The normalized spacial score (nSPS) is 11.8. The smallest absolute Gasteiger partial charge is 0.329 e. The summed E-state index contributed by atoms with van der Waals surface area (Å²) in [6.07, 6.45) is 1.41. The van der Waals surface area contributed by atoms with Crippen molar-refractivity contribution < 1.29 is 14.3 Å². The van der Waals surface area contributed by atoms with Crippen LogP contribution in [0.15, 0.2) is 58.1 Å². The summed E-state index contributed by atoms with van der Waals surface area (Å²) >= 11 is 3.35. The lowest BCUT2D eigenvalue weighted by molar-refractivity contribution is -0.139. The predicted molar refractivity (Wildman–Crippen MR) is 99.4 cm³/mol. The van der Waals surface area contributed by atoms with Gasteiger partial charge in [0.25, 0.3) is 0 Å². The van der Waals surface area contributed by atoms with Crippen molar-refractivity contribution in [3.8, 4) is 5.75 Å². The molecule has 2 rings (SSSR count). The van der Waals surface area contributed by atoms with Gasteiger partial charge in [-0.1, -0.05) is 46.3 Å². The molecule has 0 bridgehead atoms. The number of rotatable bonds is 5. The number of benzene rings is 2. The van der Waals surface area contributed by atoms with E-state index in [2.05, 4.69) is 31.8 Å².